The number of benzene rings is 2. The fourth-order valence-electron chi connectivity index (χ4n) is 3.31. The Balaban J connectivity index is 1.84. The first kappa shape index (κ1) is 17.4. The summed E-state index contributed by atoms with van der Waals surface area (Å²) in [6.07, 6.45) is 4.11. The summed E-state index contributed by atoms with van der Waals surface area (Å²) >= 11 is 5.02. The molecule has 2 heterocycles. The Morgan fingerprint density at radius 1 is 1.19 bits per heavy atom. The van der Waals surface area contributed by atoms with Crippen molar-refractivity contribution in [1.29, 1.82) is 0 Å². The molecule has 0 radical (unpaired) electrons. The number of fused-ring (bicyclic) bond motifs is 3. The highest BCUT2D eigenvalue weighted by Gasteiger charge is 2.21. The summed E-state index contributed by atoms with van der Waals surface area (Å²) < 4.78 is 2.78. The van der Waals surface area contributed by atoms with Crippen molar-refractivity contribution in [3.63, 3.8) is 0 Å². The molecule has 1 aliphatic rings. The quantitative estimate of drug-likeness (QED) is 0.655. The minimum absolute atomic E-state index is 0.0288. The van der Waals surface area contributed by atoms with Crippen LogP contribution in [0, 0.1) is 0 Å². The molecule has 1 atom stereocenters. The van der Waals surface area contributed by atoms with Gasteiger partial charge in [-0.2, -0.15) is 0 Å². The third kappa shape index (κ3) is 3.08. The fourth-order valence-corrected chi connectivity index (χ4v) is 4.82. The van der Waals surface area contributed by atoms with E-state index in [4.69, 9.17) is 4.99 Å². The van der Waals surface area contributed by atoms with Crippen LogP contribution in [0.3, 0.4) is 0 Å². The third-order valence-electron chi connectivity index (χ3n) is 4.60. The molecule has 0 aliphatic carbocycles. The maximum absolute atomic E-state index is 10.2. The Morgan fingerprint density at radius 3 is 2.85 bits per heavy atom. The first-order valence-corrected chi connectivity index (χ1v) is 10.2. The molecule has 4 rings (SSSR count). The Kier molecular flexibility index (Phi) is 4.63. The van der Waals surface area contributed by atoms with E-state index in [1.807, 2.05) is 24.3 Å². The van der Waals surface area contributed by atoms with Crippen molar-refractivity contribution in [2.75, 3.05) is 0 Å². The Labute approximate surface area is 163 Å². The van der Waals surface area contributed by atoms with Crippen molar-refractivity contribution in [3.05, 3.63) is 56.3 Å². The van der Waals surface area contributed by atoms with Crippen LogP contribution in [0.15, 0.2) is 45.9 Å². The average molecular weight is 431 g/mol. The van der Waals surface area contributed by atoms with Gasteiger partial charge in [-0.25, -0.2) is 4.99 Å². The summed E-state index contributed by atoms with van der Waals surface area (Å²) in [5.74, 6) is 0.587. The lowest BCUT2D eigenvalue weighted by Gasteiger charge is -2.29. The molecular weight excluding hydrogens is 412 g/mol. The van der Waals surface area contributed by atoms with E-state index in [1.54, 1.807) is 12.1 Å². The van der Waals surface area contributed by atoms with Gasteiger partial charge in [-0.1, -0.05) is 41.4 Å². The fraction of sp³-hybridized carbons (Fsp3) is 0.250. The third-order valence-corrected chi connectivity index (χ3v) is 6.24. The molecule has 1 unspecified atom stereocenters. The van der Waals surface area contributed by atoms with Crippen LogP contribution in [0.25, 0.3) is 16.3 Å². The number of nitrogens with zero attached hydrogens (tertiary/aromatic N) is 2. The topological polar surface area (TPSA) is 56.1 Å². The lowest BCUT2D eigenvalue weighted by molar-refractivity contribution is 0.275. The van der Waals surface area contributed by atoms with Crippen molar-refractivity contribution in [3.8, 4) is 11.5 Å². The van der Waals surface area contributed by atoms with Crippen molar-refractivity contribution in [2.24, 2.45) is 4.99 Å². The second-order valence-electron chi connectivity index (χ2n) is 6.45. The van der Waals surface area contributed by atoms with Gasteiger partial charge in [-0.05, 0) is 30.7 Å². The van der Waals surface area contributed by atoms with Crippen LogP contribution in [0.1, 0.15) is 25.3 Å². The van der Waals surface area contributed by atoms with E-state index in [1.165, 1.54) is 11.3 Å². The van der Waals surface area contributed by atoms with Crippen LogP contribution < -0.4 is 9.89 Å². The van der Waals surface area contributed by atoms with Crippen LogP contribution in [-0.2, 0) is 6.54 Å². The monoisotopic (exact) mass is 430 g/mol. The minimum Gasteiger partial charge on any atom is -0.508 e. The van der Waals surface area contributed by atoms with Crippen molar-refractivity contribution in [1.82, 2.24) is 4.90 Å². The van der Waals surface area contributed by atoms with Gasteiger partial charge < -0.3 is 15.1 Å². The van der Waals surface area contributed by atoms with E-state index in [2.05, 4.69) is 34.0 Å². The van der Waals surface area contributed by atoms with Crippen LogP contribution in [0.2, 0.25) is 0 Å². The molecule has 2 aromatic carbocycles. The van der Waals surface area contributed by atoms with E-state index in [-0.39, 0.29) is 11.9 Å². The molecule has 2 N–H and O–H groups in total. The Morgan fingerprint density at radius 2 is 2.04 bits per heavy atom. The molecule has 3 aromatic rings. The van der Waals surface area contributed by atoms with E-state index in [0.717, 1.165) is 42.9 Å². The lowest BCUT2D eigenvalue weighted by atomic mass is 10.1. The van der Waals surface area contributed by atoms with Crippen LogP contribution in [0.4, 0.5) is 0 Å². The smallest absolute Gasteiger partial charge is 0.133 e. The first-order chi connectivity index (χ1) is 12.6. The number of phenolic OH excluding ortho intramolecular Hbond substituents is 2. The lowest BCUT2D eigenvalue weighted by Crippen LogP contribution is -2.39. The van der Waals surface area contributed by atoms with Gasteiger partial charge in [-0.3, -0.25) is 0 Å². The number of rotatable bonds is 4. The van der Waals surface area contributed by atoms with Gasteiger partial charge in [0, 0.05) is 33.4 Å². The van der Waals surface area contributed by atoms with Crippen molar-refractivity contribution < 1.29 is 10.2 Å². The predicted molar refractivity (Wildman–Crippen MR) is 109 cm³/mol. The van der Waals surface area contributed by atoms with Crippen molar-refractivity contribution >= 4 is 43.6 Å². The largest absolute Gasteiger partial charge is 0.508 e. The van der Waals surface area contributed by atoms with E-state index in [0.29, 0.717) is 12.3 Å². The average Bonchev–Trinajstić information content (AvgIpc) is 2.98. The van der Waals surface area contributed by atoms with Gasteiger partial charge in [0.15, 0.2) is 0 Å². The molecule has 0 fully saturated rings. The van der Waals surface area contributed by atoms with E-state index >= 15 is 0 Å². The maximum atomic E-state index is 10.2. The molecule has 1 aliphatic heterocycles. The number of thiophene rings is 1. The zero-order valence-corrected chi connectivity index (χ0v) is 16.7. The van der Waals surface area contributed by atoms with E-state index in [9.17, 15) is 10.2 Å². The summed E-state index contributed by atoms with van der Waals surface area (Å²) in [4.78, 5) is 7.14. The number of hydrogen-bond donors (Lipinski definition) is 2. The molecule has 4 nitrogen and oxygen atoms in total. The van der Waals surface area contributed by atoms with Gasteiger partial charge in [0.1, 0.15) is 22.3 Å². The second kappa shape index (κ2) is 6.93. The first-order valence-electron chi connectivity index (χ1n) is 8.60. The molecule has 0 amide bonds. The van der Waals surface area contributed by atoms with Crippen LogP contribution >= 0.6 is 27.3 Å². The summed E-state index contributed by atoms with van der Waals surface area (Å²) in [5.41, 5.74) is 0.859. The SMILES string of the molecule is CCCC1N=c2sc3c(O)cccc3c2=CN1Cc1cc(Br)ccc1O. The number of aromatic hydroxyl groups is 2. The van der Waals surface area contributed by atoms with Crippen LogP contribution in [0.5, 0.6) is 11.5 Å². The van der Waals surface area contributed by atoms with Crippen molar-refractivity contribution in [2.45, 2.75) is 32.5 Å². The van der Waals surface area contributed by atoms with E-state index < -0.39 is 0 Å². The number of hydrogen-bond acceptors (Lipinski definition) is 5. The minimum atomic E-state index is 0.0288. The number of halogens is 1. The molecule has 0 saturated carbocycles. The summed E-state index contributed by atoms with van der Waals surface area (Å²) in [5, 5.41) is 22.4. The molecule has 0 bridgehead atoms. The van der Waals surface area contributed by atoms with Crippen LogP contribution in [-0.4, -0.2) is 21.3 Å². The molecule has 134 valence electrons. The highest BCUT2D eigenvalue weighted by Crippen LogP contribution is 2.28. The Hall–Kier alpha value is -2.05. The van der Waals surface area contributed by atoms with Gasteiger partial charge in [-0.15, -0.1) is 11.3 Å². The van der Waals surface area contributed by atoms with Gasteiger partial charge in [0.05, 0.1) is 4.70 Å². The molecule has 0 saturated heterocycles. The van der Waals surface area contributed by atoms with Gasteiger partial charge in [0.2, 0.25) is 0 Å². The predicted octanol–water partition coefficient (Wildman–Crippen LogP) is 4.07. The highest BCUT2D eigenvalue weighted by molar-refractivity contribution is 9.10. The van der Waals surface area contributed by atoms with Gasteiger partial charge >= 0.3 is 0 Å². The molecular formula is C20H19BrN2O2S. The highest BCUT2D eigenvalue weighted by atomic mass is 79.9. The summed E-state index contributed by atoms with van der Waals surface area (Å²) in [7, 11) is 0. The normalized spacial score (nSPS) is 16.2. The molecule has 6 heteroatoms. The summed E-state index contributed by atoms with van der Waals surface area (Å²) in [6.45, 7) is 2.73. The number of phenols is 2. The zero-order chi connectivity index (χ0) is 18.3. The molecule has 26 heavy (non-hydrogen) atoms. The zero-order valence-electron chi connectivity index (χ0n) is 14.3. The summed E-state index contributed by atoms with van der Waals surface area (Å²) in [6, 6.07) is 11.1. The Bertz CT molecular complexity index is 1090. The molecule has 1 aromatic heterocycles. The standard InChI is InChI=1S/C20H19BrN2O2S/c1-2-4-18-22-20-15(14-5-3-6-17(25)19(14)26-20)11-23(18)10-12-9-13(21)7-8-16(12)24/h3,5-9,11,18,24-25H,2,4,10H2,1H3. The second-order valence-corrected chi connectivity index (χ2v) is 8.36. The molecule has 0 spiro atoms. The maximum Gasteiger partial charge on any atom is 0.133 e. The van der Waals surface area contributed by atoms with Gasteiger partial charge in [0.25, 0.3) is 0 Å².